The first-order chi connectivity index (χ1) is 13.6. The highest BCUT2D eigenvalue weighted by Gasteiger charge is 2.15. The summed E-state index contributed by atoms with van der Waals surface area (Å²) < 4.78 is 10.6. The topological polar surface area (TPSA) is 77.5 Å². The molecule has 0 fully saturated rings. The van der Waals surface area contributed by atoms with E-state index < -0.39 is 18.5 Å². The number of rotatable bonds is 7. The Morgan fingerprint density at radius 1 is 1.11 bits per heavy atom. The van der Waals surface area contributed by atoms with Gasteiger partial charge in [0, 0.05) is 0 Å². The molecule has 0 atom stereocenters. The van der Waals surface area contributed by atoms with E-state index >= 15 is 0 Å². The van der Waals surface area contributed by atoms with Gasteiger partial charge in [-0.2, -0.15) is 0 Å². The van der Waals surface area contributed by atoms with Crippen LogP contribution in [0.2, 0.25) is 0 Å². The predicted octanol–water partition coefficient (Wildman–Crippen LogP) is 4.31. The maximum atomic E-state index is 12.3. The molecule has 0 saturated heterocycles. The molecule has 28 heavy (non-hydrogen) atoms. The number of hydrogen-bond acceptors (Lipinski definition) is 6. The molecule has 0 aliphatic rings. The number of esters is 1. The number of benzene rings is 1. The van der Waals surface area contributed by atoms with E-state index in [0.717, 1.165) is 10.6 Å². The van der Waals surface area contributed by atoms with Gasteiger partial charge in [-0.05, 0) is 49.6 Å². The number of para-hydroxylation sites is 2. The number of amides is 1. The Bertz CT molecular complexity index is 970. The van der Waals surface area contributed by atoms with E-state index in [0.29, 0.717) is 29.3 Å². The van der Waals surface area contributed by atoms with E-state index in [1.165, 1.54) is 0 Å². The van der Waals surface area contributed by atoms with Gasteiger partial charge in [-0.25, -0.2) is 4.79 Å². The molecule has 3 aromatic rings. The molecule has 2 aromatic heterocycles. The Hall–Kier alpha value is -3.19. The molecule has 0 aliphatic carbocycles. The zero-order valence-corrected chi connectivity index (χ0v) is 16.4. The Kier molecular flexibility index (Phi) is 6.39. The highest BCUT2D eigenvalue weighted by atomic mass is 32.1. The Morgan fingerprint density at radius 3 is 2.64 bits per heavy atom. The van der Waals surface area contributed by atoms with Crippen molar-refractivity contribution in [3.8, 4) is 16.3 Å². The minimum absolute atomic E-state index is 0.336. The summed E-state index contributed by atoms with van der Waals surface area (Å²) in [7, 11) is 0. The van der Waals surface area contributed by atoms with Crippen LogP contribution in [0.1, 0.15) is 23.0 Å². The first-order valence-electron chi connectivity index (χ1n) is 8.78. The number of aryl methyl sites for hydroxylation is 1. The summed E-state index contributed by atoms with van der Waals surface area (Å²) in [5.41, 5.74) is 2.22. The van der Waals surface area contributed by atoms with Crippen molar-refractivity contribution in [2.45, 2.75) is 13.8 Å². The number of aromatic nitrogens is 1. The lowest BCUT2D eigenvalue weighted by Gasteiger charge is -2.12. The molecule has 0 bridgehead atoms. The quantitative estimate of drug-likeness (QED) is 0.602. The van der Waals surface area contributed by atoms with Crippen molar-refractivity contribution in [3.05, 3.63) is 65.2 Å². The molecule has 2 heterocycles. The maximum absolute atomic E-state index is 12.3. The van der Waals surface area contributed by atoms with Crippen molar-refractivity contribution >= 4 is 28.9 Å². The Morgan fingerprint density at radius 2 is 1.93 bits per heavy atom. The SMILES string of the molecule is CCOc1ccccc1NC(=O)COC(=O)c1ccc(-c2cccs2)nc1C. The third-order valence-electron chi connectivity index (χ3n) is 3.87. The summed E-state index contributed by atoms with van der Waals surface area (Å²) in [5.74, 6) is -0.466. The van der Waals surface area contributed by atoms with Gasteiger partial charge in [0.05, 0.1) is 34.1 Å². The van der Waals surface area contributed by atoms with Crippen molar-refractivity contribution in [3.63, 3.8) is 0 Å². The molecule has 1 N–H and O–H groups in total. The summed E-state index contributed by atoms with van der Waals surface area (Å²) in [4.78, 5) is 29.9. The Labute approximate surface area is 167 Å². The van der Waals surface area contributed by atoms with Crippen molar-refractivity contribution in [1.82, 2.24) is 4.98 Å². The first-order valence-corrected chi connectivity index (χ1v) is 9.66. The molecule has 0 saturated carbocycles. The molecule has 6 nitrogen and oxygen atoms in total. The molecule has 1 amide bonds. The standard InChI is InChI=1S/C21H20N2O4S/c1-3-26-18-8-5-4-7-16(18)23-20(24)13-27-21(25)15-10-11-17(22-14(15)2)19-9-6-12-28-19/h4-12H,3,13H2,1-2H3,(H,23,24). The van der Waals surface area contributed by atoms with Gasteiger partial charge < -0.3 is 14.8 Å². The second-order valence-electron chi connectivity index (χ2n) is 5.86. The summed E-state index contributed by atoms with van der Waals surface area (Å²) in [6.45, 7) is 3.69. The minimum atomic E-state index is -0.587. The molecular weight excluding hydrogens is 376 g/mol. The van der Waals surface area contributed by atoms with Gasteiger partial charge in [-0.3, -0.25) is 9.78 Å². The number of nitrogens with zero attached hydrogens (tertiary/aromatic N) is 1. The van der Waals surface area contributed by atoms with Crippen molar-refractivity contribution in [2.75, 3.05) is 18.5 Å². The summed E-state index contributed by atoms with van der Waals surface area (Å²) in [6, 6.07) is 14.4. The fourth-order valence-electron chi connectivity index (χ4n) is 2.58. The number of pyridine rings is 1. The van der Waals surface area contributed by atoms with Gasteiger partial charge in [0.1, 0.15) is 5.75 Å². The average molecular weight is 396 g/mol. The van der Waals surface area contributed by atoms with Crippen LogP contribution in [-0.2, 0) is 9.53 Å². The largest absolute Gasteiger partial charge is 0.492 e. The lowest BCUT2D eigenvalue weighted by molar-refractivity contribution is -0.119. The average Bonchev–Trinajstić information content (AvgIpc) is 3.22. The third-order valence-corrected chi connectivity index (χ3v) is 4.77. The molecule has 0 spiro atoms. The summed E-state index contributed by atoms with van der Waals surface area (Å²) in [5, 5.41) is 4.66. The second-order valence-corrected chi connectivity index (χ2v) is 6.81. The van der Waals surface area contributed by atoms with Gasteiger partial charge in [-0.15, -0.1) is 11.3 Å². The maximum Gasteiger partial charge on any atom is 0.340 e. The van der Waals surface area contributed by atoms with Crippen LogP contribution in [0.25, 0.3) is 10.6 Å². The molecule has 1 aromatic carbocycles. The number of ether oxygens (including phenoxy) is 2. The van der Waals surface area contributed by atoms with E-state index in [9.17, 15) is 9.59 Å². The predicted molar refractivity (Wildman–Crippen MR) is 109 cm³/mol. The normalized spacial score (nSPS) is 10.4. The number of thiophene rings is 1. The van der Waals surface area contributed by atoms with Crippen molar-refractivity contribution in [2.24, 2.45) is 0 Å². The van der Waals surface area contributed by atoms with Gasteiger partial charge in [0.15, 0.2) is 6.61 Å². The van der Waals surface area contributed by atoms with Crippen LogP contribution in [0, 0.1) is 6.92 Å². The first kappa shape index (κ1) is 19.6. The molecule has 3 rings (SSSR count). The summed E-state index contributed by atoms with van der Waals surface area (Å²) in [6.07, 6.45) is 0. The molecule has 0 unspecified atom stereocenters. The van der Waals surface area contributed by atoms with E-state index in [1.54, 1.807) is 48.6 Å². The summed E-state index contributed by atoms with van der Waals surface area (Å²) >= 11 is 1.58. The lowest BCUT2D eigenvalue weighted by atomic mass is 10.2. The van der Waals surface area contributed by atoms with Gasteiger partial charge in [0.25, 0.3) is 5.91 Å². The van der Waals surface area contributed by atoms with Gasteiger partial charge in [0.2, 0.25) is 0 Å². The van der Waals surface area contributed by atoms with Crippen molar-refractivity contribution in [1.29, 1.82) is 0 Å². The van der Waals surface area contributed by atoms with E-state index in [4.69, 9.17) is 9.47 Å². The molecular formula is C21H20N2O4S. The highest BCUT2D eigenvalue weighted by molar-refractivity contribution is 7.13. The number of nitrogens with one attached hydrogen (secondary N) is 1. The number of carbonyl (C=O) groups is 2. The van der Waals surface area contributed by atoms with Gasteiger partial charge in [-0.1, -0.05) is 18.2 Å². The van der Waals surface area contributed by atoms with Crippen LogP contribution in [0.3, 0.4) is 0 Å². The molecule has 7 heteroatoms. The monoisotopic (exact) mass is 396 g/mol. The lowest BCUT2D eigenvalue weighted by Crippen LogP contribution is -2.21. The second kappa shape index (κ2) is 9.14. The van der Waals surface area contributed by atoms with E-state index in [1.807, 2.05) is 30.5 Å². The smallest absolute Gasteiger partial charge is 0.340 e. The van der Waals surface area contributed by atoms with Crippen LogP contribution in [0.5, 0.6) is 5.75 Å². The number of hydrogen-bond donors (Lipinski definition) is 1. The van der Waals surface area contributed by atoms with E-state index in [2.05, 4.69) is 10.3 Å². The van der Waals surface area contributed by atoms with Crippen molar-refractivity contribution < 1.29 is 19.1 Å². The van der Waals surface area contributed by atoms with E-state index in [-0.39, 0.29) is 0 Å². The fraction of sp³-hybridized carbons (Fsp3) is 0.190. The van der Waals surface area contributed by atoms with Gasteiger partial charge >= 0.3 is 5.97 Å². The minimum Gasteiger partial charge on any atom is -0.492 e. The zero-order valence-electron chi connectivity index (χ0n) is 15.6. The van der Waals surface area contributed by atoms with Crippen LogP contribution in [0.15, 0.2) is 53.9 Å². The molecule has 0 aliphatic heterocycles. The van der Waals surface area contributed by atoms with Crippen LogP contribution < -0.4 is 10.1 Å². The van der Waals surface area contributed by atoms with Crippen LogP contribution in [-0.4, -0.2) is 30.1 Å². The zero-order chi connectivity index (χ0) is 19.9. The Balaban J connectivity index is 1.60. The van der Waals surface area contributed by atoms with Crippen LogP contribution in [0.4, 0.5) is 5.69 Å². The molecule has 144 valence electrons. The third kappa shape index (κ3) is 4.75. The fourth-order valence-corrected chi connectivity index (χ4v) is 3.28. The highest BCUT2D eigenvalue weighted by Crippen LogP contribution is 2.25. The number of anilines is 1. The molecule has 0 radical (unpaired) electrons. The number of carbonyl (C=O) groups excluding carboxylic acids is 2. The van der Waals surface area contributed by atoms with Crippen LogP contribution >= 0.6 is 11.3 Å².